The molecule has 10 nitrogen and oxygen atoms in total. The second-order valence-corrected chi connectivity index (χ2v) is 12.6. The van der Waals surface area contributed by atoms with Crippen LogP contribution >= 0.6 is 0 Å². The number of nitrogens with zero attached hydrogens (tertiary/aromatic N) is 1. The number of aryl methyl sites for hydroxylation is 1. The summed E-state index contributed by atoms with van der Waals surface area (Å²) in [7, 11) is 1.19. The highest BCUT2D eigenvalue weighted by atomic mass is 16.6. The van der Waals surface area contributed by atoms with Gasteiger partial charge < -0.3 is 19.3 Å². The molecule has 1 saturated heterocycles. The zero-order valence-corrected chi connectivity index (χ0v) is 27.9. The number of ether oxygens (including phenoxy) is 3. The van der Waals surface area contributed by atoms with Crippen LogP contribution in [0.4, 0.5) is 4.79 Å². The van der Waals surface area contributed by atoms with Crippen LogP contribution in [0.25, 0.3) is 5.57 Å². The number of rotatable bonds is 19. The zero-order valence-electron chi connectivity index (χ0n) is 27.9. The summed E-state index contributed by atoms with van der Waals surface area (Å²) in [5, 5.41) is 8.90. The van der Waals surface area contributed by atoms with Crippen molar-refractivity contribution in [1.82, 2.24) is 4.90 Å². The van der Waals surface area contributed by atoms with Crippen LogP contribution in [0.15, 0.2) is 30.3 Å². The van der Waals surface area contributed by atoms with Crippen LogP contribution in [0.2, 0.25) is 0 Å². The van der Waals surface area contributed by atoms with Crippen molar-refractivity contribution >= 4 is 35.1 Å². The molecule has 1 fully saturated rings. The Morgan fingerprint density at radius 2 is 1.60 bits per heavy atom. The first kappa shape index (κ1) is 37.8. The minimum absolute atomic E-state index is 0.147. The number of Topliss-reactive ketones (excluding diaryl/α,β-unsaturated/α-hetero) is 1. The lowest BCUT2D eigenvalue weighted by molar-refractivity contribution is -0.166. The third kappa shape index (κ3) is 10.9. The molecule has 10 heteroatoms. The monoisotopic (exact) mass is 629 g/mol. The quantitative estimate of drug-likeness (QED) is 0.115. The average Bonchev–Trinajstić information content (AvgIpc) is 3.22. The topological polar surface area (TPSA) is 137 Å². The fraction of sp³-hybridized carbons (Fsp3) is 0.629. The molecule has 2 rings (SSSR count). The number of allylic oxidation sites excluding steroid dienone is 1. The van der Waals surface area contributed by atoms with E-state index in [1.807, 2.05) is 26.8 Å². The van der Waals surface area contributed by atoms with Crippen LogP contribution in [0.5, 0.6) is 0 Å². The number of cyclic esters (lactones) is 1. The molecule has 250 valence electrons. The fourth-order valence-corrected chi connectivity index (χ4v) is 5.98. The molecule has 1 aromatic rings. The number of imide groups is 1. The summed E-state index contributed by atoms with van der Waals surface area (Å²) in [5.41, 5.74) is 0.569. The molecule has 2 amide bonds. The minimum Gasteiger partial charge on any atom is -0.451 e. The predicted molar refractivity (Wildman–Crippen MR) is 170 cm³/mol. The number of benzene rings is 1. The lowest BCUT2D eigenvalue weighted by Crippen LogP contribution is -2.55. The molecule has 1 heterocycles. The molecule has 0 radical (unpaired) electrons. The Balaban J connectivity index is 2.34. The average molecular weight is 630 g/mol. The molecular weight excluding hydrogens is 578 g/mol. The van der Waals surface area contributed by atoms with E-state index in [2.05, 4.69) is 0 Å². The first-order valence-electron chi connectivity index (χ1n) is 16.0. The number of aliphatic hydroxyl groups is 1. The van der Waals surface area contributed by atoms with Gasteiger partial charge >= 0.3 is 12.1 Å². The van der Waals surface area contributed by atoms with Gasteiger partial charge in [-0.15, -0.1) is 0 Å². The van der Waals surface area contributed by atoms with Crippen LogP contribution in [-0.2, 0) is 33.4 Å². The van der Waals surface area contributed by atoms with Crippen molar-refractivity contribution in [1.29, 1.82) is 0 Å². The second-order valence-electron chi connectivity index (χ2n) is 12.6. The van der Waals surface area contributed by atoms with E-state index in [0.29, 0.717) is 12.0 Å². The predicted octanol–water partition coefficient (Wildman–Crippen LogP) is 5.75. The van der Waals surface area contributed by atoms with E-state index < -0.39 is 47.6 Å². The Bertz CT molecular complexity index is 1220. The highest BCUT2D eigenvalue weighted by Gasteiger charge is 2.54. The number of carbonyl (C=O) groups is 5. The Kier molecular flexibility index (Phi) is 15.1. The van der Waals surface area contributed by atoms with E-state index >= 15 is 0 Å². The maximum atomic E-state index is 13.8. The summed E-state index contributed by atoms with van der Waals surface area (Å²) >= 11 is 0. The largest absolute Gasteiger partial charge is 0.451 e. The molecule has 1 aliphatic rings. The van der Waals surface area contributed by atoms with Crippen molar-refractivity contribution in [2.45, 2.75) is 123 Å². The van der Waals surface area contributed by atoms with Gasteiger partial charge in [0, 0.05) is 32.6 Å². The summed E-state index contributed by atoms with van der Waals surface area (Å²) in [6.07, 6.45) is 4.57. The van der Waals surface area contributed by atoms with Gasteiger partial charge in [0.05, 0.1) is 6.04 Å². The fourth-order valence-electron chi connectivity index (χ4n) is 5.98. The smallest absolute Gasteiger partial charge is 0.417 e. The van der Waals surface area contributed by atoms with Gasteiger partial charge in [-0.2, -0.15) is 0 Å². The van der Waals surface area contributed by atoms with Crippen molar-refractivity contribution in [3.63, 3.8) is 0 Å². The number of hydrogen-bond donors (Lipinski definition) is 1. The third-order valence-corrected chi connectivity index (χ3v) is 7.98. The SMILES string of the molecule is CO[C@@H](C(=O)N1C(=O)OC(C)(C)[C@H]1C(C)C)[C@@H](OC(C)=O)C(=O)C=C(C(=O)CCCCCCCCCCO)c1cccc(C)c1. The van der Waals surface area contributed by atoms with Crippen LogP contribution in [0.3, 0.4) is 0 Å². The second kappa shape index (κ2) is 17.9. The van der Waals surface area contributed by atoms with Crippen molar-refractivity contribution in [3.8, 4) is 0 Å². The van der Waals surface area contributed by atoms with Crippen molar-refractivity contribution < 1.29 is 43.3 Å². The van der Waals surface area contributed by atoms with Gasteiger partial charge in [0.2, 0.25) is 0 Å². The van der Waals surface area contributed by atoms with Gasteiger partial charge in [0.1, 0.15) is 5.60 Å². The summed E-state index contributed by atoms with van der Waals surface area (Å²) < 4.78 is 16.2. The molecule has 0 aromatic heterocycles. The zero-order chi connectivity index (χ0) is 33.7. The van der Waals surface area contributed by atoms with Gasteiger partial charge in [0.25, 0.3) is 5.91 Å². The van der Waals surface area contributed by atoms with Gasteiger partial charge in [-0.1, -0.05) is 82.2 Å². The number of aliphatic hydroxyl groups excluding tert-OH is 1. The maximum absolute atomic E-state index is 13.8. The van der Waals surface area contributed by atoms with Crippen molar-refractivity contribution in [2.75, 3.05) is 13.7 Å². The number of methoxy groups -OCH3 is 1. The number of hydrogen-bond acceptors (Lipinski definition) is 9. The number of unbranched alkanes of at least 4 members (excludes halogenated alkanes) is 7. The van der Waals surface area contributed by atoms with Gasteiger partial charge in [-0.05, 0) is 51.2 Å². The van der Waals surface area contributed by atoms with Crippen LogP contribution in [0.1, 0.15) is 104 Å². The Labute approximate surface area is 267 Å². The normalized spacial score (nSPS) is 17.6. The summed E-state index contributed by atoms with van der Waals surface area (Å²) in [6, 6.07) is 6.51. The van der Waals surface area contributed by atoms with E-state index in [1.165, 1.54) is 7.11 Å². The first-order valence-corrected chi connectivity index (χ1v) is 16.0. The minimum atomic E-state index is -1.75. The molecule has 45 heavy (non-hydrogen) atoms. The number of esters is 1. The van der Waals surface area contributed by atoms with Crippen molar-refractivity contribution in [2.24, 2.45) is 5.92 Å². The summed E-state index contributed by atoms with van der Waals surface area (Å²) in [4.78, 5) is 67.1. The summed E-state index contributed by atoms with van der Waals surface area (Å²) in [6.45, 7) is 10.3. The molecule has 1 aromatic carbocycles. The third-order valence-electron chi connectivity index (χ3n) is 7.98. The molecule has 3 atom stereocenters. The number of carbonyl (C=O) groups excluding carboxylic acids is 5. The Morgan fingerprint density at radius 1 is 1.00 bits per heavy atom. The van der Waals surface area contributed by atoms with Crippen LogP contribution in [0, 0.1) is 12.8 Å². The van der Waals surface area contributed by atoms with Crippen LogP contribution < -0.4 is 0 Å². The molecule has 0 saturated carbocycles. The maximum Gasteiger partial charge on any atom is 0.417 e. The Morgan fingerprint density at radius 3 is 2.13 bits per heavy atom. The molecule has 0 bridgehead atoms. The Hall–Kier alpha value is -3.37. The first-order chi connectivity index (χ1) is 21.2. The molecule has 0 spiro atoms. The lowest BCUT2D eigenvalue weighted by Gasteiger charge is -2.33. The molecular formula is C35H51NO9. The van der Waals surface area contributed by atoms with Gasteiger partial charge in [0.15, 0.2) is 23.8 Å². The summed E-state index contributed by atoms with van der Waals surface area (Å²) in [5.74, 6) is -2.96. The highest BCUT2D eigenvalue weighted by molar-refractivity contribution is 6.25. The van der Waals surface area contributed by atoms with E-state index in [1.54, 1.807) is 32.0 Å². The van der Waals surface area contributed by atoms with E-state index in [4.69, 9.17) is 19.3 Å². The number of ketones is 2. The van der Waals surface area contributed by atoms with Crippen molar-refractivity contribution in [3.05, 3.63) is 41.5 Å². The standard InChI is InChI=1S/C35H51NO9/c1-23(2)32-35(5,6)45-34(42)36(32)33(41)31(43-7)30(44-25(4)38)29(40)22-27(26-18-16-17-24(3)21-26)28(39)19-14-12-10-8-9-11-13-15-20-37/h16-18,21-23,30-32,37H,8-15,19-20H2,1-7H3/t30-,31+,32+/m0/s1. The highest BCUT2D eigenvalue weighted by Crippen LogP contribution is 2.35. The number of amides is 2. The molecule has 1 N–H and O–H groups in total. The lowest BCUT2D eigenvalue weighted by atomic mass is 9.88. The van der Waals surface area contributed by atoms with Gasteiger partial charge in [-0.3, -0.25) is 19.2 Å². The molecule has 1 aliphatic heterocycles. The van der Waals surface area contributed by atoms with Crippen LogP contribution in [-0.4, -0.2) is 77.1 Å². The molecule has 0 unspecified atom stereocenters. The van der Waals surface area contributed by atoms with E-state index in [-0.39, 0.29) is 30.3 Å². The van der Waals surface area contributed by atoms with E-state index in [9.17, 15) is 24.0 Å². The molecule has 0 aliphatic carbocycles. The van der Waals surface area contributed by atoms with E-state index in [0.717, 1.165) is 68.4 Å². The van der Waals surface area contributed by atoms with Gasteiger partial charge in [-0.25, -0.2) is 9.69 Å².